The fourth-order valence-electron chi connectivity index (χ4n) is 2.13. The molecular weight excluding hydrogens is 260 g/mol. The van der Waals surface area contributed by atoms with Crippen LogP contribution >= 0.6 is 0 Å². The molecule has 1 N–H and O–H groups in total. The average molecular weight is 276 g/mol. The van der Waals surface area contributed by atoms with Gasteiger partial charge in [-0.15, -0.1) is 0 Å². The Labute approximate surface area is 116 Å². The molecule has 0 aliphatic carbocycles. The summed E-state index contributed by atoms with van der Waals surface area (Å²) in [6.45, 7) is 1.50. The van der Waals surface area contributed by atoms with E-state index in [1.807, 2.05) is 12.1 Å². The Hall–Kier alpha value is -2.37. The molecule has 1 unspecified atom stereocenters. The molecule has 0 bridgehead atoms. The minimum absolute atomic E-state index is 0.0922. The molecule has 6 nitrogen and oxygen atoms in total. The van der Waals surface area contributed by atoms with Gasteiger partial charge in [0, 0.05) is 5.56 Å². The number of rotatable bonds is 3. The Kier molecular flexibility index (Phi) is 4.02. The lowest BCUT2D eigenvalue weighted by Crippen LogP contribution is -2.58. The van der Waals surface area contributed by atoms with Crippen molar-refractivity contribution in [2.45, 2.75) is 19.4 Å². The van der Waals surface area contributed by atoms with Gasteiger partial charge in [-0.2, -0.15) is 0 Å². The first kappa shape index (κ1) is 14.0. The molecule has 1 saturated heterocycles. The highest BCUT2D eigenvalue weighted by Gasteiger charge is 2.33. The molecule has 1 aromatic carbocycles. The highest BCUT2D eigenvalue weighted by Crippen LogP contribution is 2.19. The van der Waals surface area contributed by atoms with Gasteiger partial charge in [0.25, 0.3) is 0 Å². The van der Waals surface area contributed by atoms with Gasteiger partial charge in [-0.1, -0.05) is 18.2 Å². The number of carbonyl (C=O) groups excluding carboxylic acids is 3. The van der Waals surface area contributed by atoms with E-state index in [2.05, 4.69) is 5.32 Å². The Bertz CT molecular complexity index is 556. The zero-order valence-electron chi connectivity index (χ0n) is 11.4. The molecule has 1 aliphatic rings. The molecule has 1 heterocycles. The number of nitrogens with one attached hydrogen (secondary N) is 1. The topological polar surface area (TPSA) is 75.7 Å². The minimum Gasteiger partial charge on any atom is -0.496 e. The standard InChI is InChI=1S/C14H16N2O4/c1-9-14(19)15-12(17)8-16(9)13(18)7-10-5-3-4-6-11(10)20-2/h3-6,9H,7-8H2,1-2H3,(H,15,17,19). The van der Waals surface area contributed by atoms with E-state index in [1.165, 1.54) is 12.0 Å². The number of benzene rings is 1. The lowest BCUT2D eigenvalue weighted by molar-refractivity contribution is -0.149. The molecule has 1 fully saturated rings. The quantitative estimate of drug-likeness (QED) is 0.795. The summed E-state index contributed by atoms with van der Waals surface area (Å²) in [5, 5.41) is 2.20. The third kappa shape index (κ3) is 2.79. The Morgan fingerprint density at radius 1 is 1.40 bits per heavy atom. The van der Waals surface area contributed by atoms with Crippen LogP contribution in [-0.2, 0) is 20.8 Å². The number of imide groups is 1. The number of carbonyl (C=O) groups is 3. The van der Waals surface area contributed by atoms with E-state index in [9.17, 15) is 14.4 Å². The van der Waals surface area contributed by atoms with Crippen molar-refractivity contribution in [1.82, 2.24) is 10.2 Å². The number of nitrogens with zero attached hydrogens (tertiary/aromatic N) is 1. The maximum absolute atomic E-state index is 12.3. The van der Waals surface area contributed by atoms with Gasteiger partial charge in [0.15, 0.2) is 0 Å². The second kappa shape index (κ2) is 5.73. The monoisotopic (exact) mass is 276 g/mol. The molecule has 0 spiro atoms. The van der Waals surface area contributed by atoms with E-state index in [-0.39, 0.29) is 18.9 Å². The van der Waals surface area contributed by atoms with Crippen molar-refractivity contribution in [2.24, 2.45) is 0 Å². The number of para-hydroxylation sites is 1. The Morgan fingerprint density at radius 3 is 2.80 bits per heavy atom. The van der Waals surface area contributed by atoms with Crippen LogP contribution in [0.1, 0.15) is 12.5 Å². The van der Waals surface area contributed by atoms with Gasteiger partial charge in [0.1, 0.15) is 18.3 Å². The van der Waals surface area contributed by atoms with Crippen LogP contribution < -0.4 is 10.1 Å². The largest absolute Gasteiger partial charge is 0.496 e. The van der Waals surface area contributed by atoms with Crippen LogP contribution in [0.25, 0.3) is 0 Å². The summed E-state index contributed by atoms with van der Waals surface area (Å²) in [6, 6.07) is 6.53. The van der Waals surface area contributed by atoms with Crippen molar-refractivity contribution in [3.63, 3.8) is 0 Å². The van der Waals surface area contributed by atoms with Crippen LogP contribution in [0.3, 0.4) is 0 Å². The number of hydrogen-bond donors (Lipinski definition) is 1. The second-order valence-corrected chi connectivity index (χ2v) is 4.60. The highest BCUT2D eigenvalue weighted by molar-refractivity contribution is 6.04. The molecule has 20 heavy (non-hydrogen) atoms. The molecule has 106 valence electrons. The van der Waals surface area contributed by atoms with E-state index in [4.69, 9.17) is 4.74 Å². The number of piperazine rings is 1. The molecule has 1 aromatic rings. The highest BCUT2D eigenvalue weighted by atomic mass is 16.5. The molecule has 0 saturated carbocycles. The van der Waals surface area contributed by atoms with E-state index < -0.39 is 17.9 Å². The van der Waals surface area contributed by atoms with Crippen molar-refractivity contribution < 1.29 is 19.1 Å². The van der Waals surface area contributed by atoms with Crippen LogP contribution in [0.2, 0.25) is 0 Å². The summed E-state index contributed by atoms with van der Waals surface area (Å²) in [4.78, 5) is 36.5. The summed E-state index contributed by atoms with van der Waals surface area (Å²) in [7, 11) is 1.53. The summed E-state index contributed by atoms with van der Waals surface area (Å²) in [5.41, 5.74) is 0.727. The zero-order chi connectivity index (χ0) is 14.7. The summed E-state index contributed by atoms with van der Waals surface area (Å²) in [6.07, 6.45) is 0.0922. The summed E-state index contributed by atoms with van der Waals surface area (Å²) in [5.74, 6) is -0.567. The molecule has 6 heteroatoms. The Morgan fingerprint density at radius 2 is 2.10 bits per heavy atom. The fraction of sp³-hybridized carbons (Fsp3) is 0.357. The maximum atomic E-state index is 12.3. The van der Waals surface area contributed by atoms with E-state index in [1.54, 1.807) is 19.1 Å². The normalized spacial score (nSPS) is 18.7. The predicted molar refractivity (Wildman–Crippen MR) is 71.0 cm³/mol. The molecule has 2 rings (SSSR count). The lowest BCUT2D eigenvalue weighted by Gasteiger charge is -2.31. The molecule has 0 radical (unpaired) electrons. The number of hydrogen-bond acceptors (Lipinski definition) is 4. The first-order valence-electron chi connectivity index (χ1n) is 6.28. The smallest absolute Gasteiger partial charge is 0.249 e. The summed E-state index contributed by atoms with van der Waals surface area (Å²) >= 11 is 0. The van der Waals surface area contributed by atoms with Crippen molar-refractivity contribution in [3.05, 3.63) is 29.8 Å². The van der Waals surface area contributed by atoms with Crippen LogP contribution in [0, 0.1) is 0 Å². The van der Waals surface area contributed by atoms with Crippen LogP contribution in [0.15, 0.2) is 24.3 Å². The first-order valence-corrected chi connectivity index (χ1v) is 6.28. The van der Waals surface area contributed by atoms with Gasteiger partial charge in [0.2, 0.25) is 17.7 Å². The average Bonchev–Trinajstić information content (AvgIpc) is 2.43. The van der Waals surface area contributed by atoms with E-state index >= 15 is 0 Å². The van der Waals surface area contributed by atoms with Gasteiger partial charge in [-0.05, 0) is 13.0 Å². The van der Waals surface area contributed by atoms with Crippen molar-refractivity contribution in [1.29, 1.82) is 0 Å². The van der Waals surface area contributed by atoms with E-state index in [0.717, 1.165) is 5.56 Å². The number of ether oxygens (including phenoxy) is 1. The van der Waals surface area contributed by atoms with Crippen LogP contribution in [0.4, 0.5) is 0 Å². The summed E-state index contributed by atoms with van der Waals surface area (Å²) < 4.78 is 5.19. The van der Waals surface area contributed by atoms with Gasteiger partial charge >= 0.3 is 0 Å². The molecule has 1 aliphatic heterocycles. The zero-order valence-corrected chi connectivity index (χ0v) is 11.4. The van der Waals surface area contributed by atoms with Crippen molar-refractivity contribution in [3.8, 4) is 5.75 Å². The fourth-order valence-corrected chi connectivity index (χ4v) is 2.13. The van der Waals surface area contributed by atoms with Gasteiger partial charge in [-0.3, -0.25) is 19.7 Å². The third-order valence-corrected chi connectivity index (χ3v) is 3.28. The van der Waals surface area contributed by atoms with Gasteiger partial charge in [-0.25, -0.2) is 0 Å². The van der Waals surface area contributed by atoms with Crippen molar-refractivity contribution >= 4 is 17.7 Å². The van der Waals surface area contributed by atoms with E-state index in [0.29, 0.717) is 5.75 Å². The number of amides is 3. The predicted octanol–water partition coefficient (Wildman–Crippen LogP) is 0.111. The lowest BCUT2D eigenvalue weighted by atomic mass is 10.1. The Balaban J connectivity index is 2.15. The SMILES string of the molecule is COc1ccccc1CC(=O)N1CC(=O)NC(=O)C1C. The third-order valence-electron chi connectivity index (χ3n) is 3.28. The van der Waals surface area contributed by atoms with Crippen LogP contribution in [-0.4, -0.2) is 42.3 Å². The molecular formula is C14H16N2O4. The second-order valence-electron chi connectivity index (χ2n) is 4.60. The van der Waals surface area contributed by atoms with Crippen LogP contribution in [0.5, 0.6) is 5.75 Å². The molecule has 1 atom stereocenters. The van der Waals surface area contributed by atoms with Crippen molar-refractivity contribution in [2.75, 3.05) is 13.7 Å². The van der Waals surface area contributed by atoms with Gasteiger partial charge in [0.05, 0.1) is 13.5 Å². The molecule has 0 aromatic heterocycles. The minimum atomic E-state index is -0.644. The maximum Gasteiger partial charge on any atom is 0.249 e. The van der Waals surface area contributed by atoms with Gasteiger partial charge < -0.3 is 9.64 Å². The number of methoxy groups -OCH3 is 1. The first-order chi connectivity index (χ1) is 9.52. The molecule has 3 amide bonds.